The number of carbonyl (C=O) groups excluding carboxylic acids is 1. The highest BCUT2D eigenvalue weighted by Gasteiger charge is 2.32. The Morgan fingerprint density at radius 3 is 2.79 bits per heavy atom. The number of piperidine rings is 1. The summed E-state index contributed by atoms with van der Waals surface area (Å²) < 4.78 is 4.83. The molecule has 9 nitrogen and oxygen atoms in total. The van der Waals surface area contributed by atoms with Crippen molar-refractivity contribution < 1.29 is 14.5 Å². The van der Waals surface area contributed by atoms with Crippen LogP contribution in [0, 0.1) is 16.0 Å². The van der Waals surface area contributed by atoms with E-state index in [0.29, 0.717) is 36.1 Å². The number of carbonyl (C=O) groups is 1. The lowest BCUT2D eigenvalue weighted by Crippen LogP contribution is -2.35. The SMILES string of the molecule is COC(=O)c1ccccc1N(C)c1ncnc(N2CCCC(C)C2)c1[N+](=O)[O-]. The number of para-hydroxylation sites is 1. The molecule has 1 atom stereocenters. The van der Waals surface area contributed by atoms with Crippen molar-refractivity contribution in [3.8, 4) is 0 Å². The summed E-state index contributed by atoms with van der Waals surface area (Å²) in [5.41, 5.74) is 0.599. The highest BCUT2D eigenvalue weighted by atomic mass is 16.6. The number of methoxy groups -OCH3 is 1. The lowest BCUT2D eigenvalue weighted by molar-refractivity contribution is -0.383. The molecule has 3 rings (SSSR count). The number of nitrogens with zero attached hydrogens (tertiary/aromatic N) is 5. The van der Waals surface area contributed by atoms with Crippen LogP contribution in [0.2, 0.25) is 0 Å². The number of anilines is 3. The molecule has 1 unspecified atom stereocenters. The van der Waals surface area contributed by atoms with Crippen molar-refractivity contribution >= 4 is 29.0 Å². The maximum atomic E-state index is 12.1. The monoisotopic (exact) mass is 385 g/mol. The molecule has 0 N–H and O–H groups in total. The molecule has 1 aliphatic rings. The topological polar surface area (TPSA) is 102 Å². The molecule has 0 radical (unpaired) electrons. The number of ether oxygens (including phenoxy) is 1. The normalized spacial score (nSPS) is 16.5. The fraction of sp³-hybridized carbons (Fsp3) is 0.421. The molecule has 1 aromatic carbocycles. The number of hydrogen-bond acceptors (Lipinski definition) is 8. The molecule has 0 aliphatic carbocycles. The molecule has 28 heavy (non-hydrogen) atoms. The number of esters is 1. The van der Waals surface area contributed by atoms with Crippen molar-refractivity contribution in [1.29, 1.82) is 0 Å². The van der Waals surface area contributed by atoms with Crippen molar-refractivity contribution in [3.63, 3.8) is 0 Å². The van der Waals surface area contributed by atoms with Crippen LogP contribution < -0.4 is 9.80 Å². The van der Waals surface area contributed by atoms with Crippen LogP contribution in [0.1, 0.15) is 30.1 Å². The molecule has 148 valence electrons. The first-order valence-electron chi connectivity index (χ1n) is 9.09. The molecular formula is C19H23N5O4. The van der Waals surface area contributed by atoms with Gasteiger partial charge in [0.15, 0.2) is 0 Å². The van der Waals surface area contributed by atoms with Crippen LogP contribution in [0.25, 0.3) is 0 Å². The second kappa shape index (κ2) is 8.20. The van der Waals surface area contributed by atoms with E-state index in [1.54, 1.807) is 31.3 Å². The Morgan fingerprint density at radius 2 is 2.11 bits per heavy atom. The second-order valence-corrected chi connectivity index (χ2v) is 6.89. The van der Waals surface area contributed by atoms with Crippen LogP contribution in [0.4, 0.5) is 23.0 Å². The van der Waals surface area contributed by atoms with Gasteiger partial charge >= 0.3 is 11.7 Å². The predicted octanol–water partition coefficient (Wildman–Crippen LogP) is 3.18. The van der Waals surface area contributed by atoms with Gasteiger partial charge in [0.25, 0.3) is 0 Å². The van der Waals surface area contributed by atoms with Crippen LogP contribution in [0.5, 0.6) is 0 Å². The smallest absolute Gasteiger partial charge is 0.353 e. The summed E-state index contributed by atoms with van der Waals surface area (Å²) in [6, 6.07) is 6.76. The minimum absolute atomic E-state index is 0.129. The van der Waals surface area contributed by atoms with Gasteiger partial charge in [-0.2, -0.15) is 0 Å². The quantitative estimate of drug-likeness (QED) is 0.439. The molecule has 2 heterocycles. The first kappa shape index (κ1) is 19.5. The lowest BCUT2D eigenvalue weighted by atomic mass is 10.0. The van der Waals surface area contributed by atoms with E-state index >= 15 is 0 Å². The summed E-state index contributed by atoms with van der Waals surface area (Å²) in [5.74, 6) is 0.349. The first-order valence-corrected chi connectivity index (χ1v) is 9.09. The summed E-state index contributed by atoms with van der Waals surface area (Å²) in [7, 11) is 2.93. The van der Waals surface area contributed by atoms with Gasteiger partial charge in [-0.1, -0.05) is 19.1 Å². The minimum Gasteiger partial charge on any atom is -0.465 e. The average Bonchev–Trinajstić information content (AvgIpc) is 2.72. The predicted molar refractivity (Wildman–Crippen MR) is 105 cm³/mol. The number of hydrogen-bond donors (Lipinski definition) is 0. The number of nitro groups is 1. The number of rotatable bonds is 5. The van der Waals surface area contributed by atoms with Crippen molar-refractivity contribution in [2.75, 3.05) is 37.0 Å². The van der Waals surface area contributed by atoms with E-state index in [1.165, 1.54) is 18.3 Å². The standard InChI is InChI=1S/C19H23N5O4/c1-13-7-6-10-23(11-13)18-16(24(26)27)17(20-12-21-18)22(2)15-9-5-4-8-14(15)19(25)28-3/h4-5,8-9,12-13H,6-7,10-11H2,1-3H3. The molecule has 1 fully saturated rings. The minimum atomic E-state index is -0.524. The van der Waals surface area contributed by atoms with Gasteiger partial charge in [0, 0.05) is 20.1 Å². The van der Waals surface area contributed by atoms with Gasteiger partial charge in [-0.05, 0) is 30.9 Å². The highest BCUT2D eigenvalue weighted by molar-refractivity contribution is 5.97. The van der Waals surface area contributed by atoms with E-state index in [1.807, 2.05) is 4.90 Å². The highest BCUT2D eigenvalue weighted by Crippen LogP contribution is 2.38. The number of aromatic nitrogens is 2. The van der Waals surface area contributed by atoms with Crippen LogP contribution in [-0.2, 0) is 4.74 Å². The van der Waals surface area contributed by atoms with E-state index in [9.17, 15) is 14.9 Å². The van der Waals surface area contributed by atoms with Crippen LogP contribution in [-0.4, -0.2) is 48.1 Å². The maximum Gasteiger partial charge on any atom is 0.353 e. The zero-order valence-electron chi connectivity index (χ0n) is 16.2. The zero-order valence-corrected chi connectivity index (χ0v) is 16.2. The fourth-order valence-electron chi connectivity index (χ4n) is 3.55. The third-order valence-electron chi connectivity index (χ3n) is 4.91. The molecule has 0 amide bonds. The second-order valence-electron chi connectivity index (χ2n) is 6.89. The third-order valence-corrected chi connectivity index (χ3v) is 4.91. The molecular weight excluding hydrogens is 362 g/mol. The Labute approximate surface area is 163 Å². The summed E-state index contributed by atoms with van der Waals surface area (Å²) in [4.78, 5) is 35.5. The Balaban J connectivity index is 2.09. The van der Waals surface area contributed by atoms with Crippen molar-refractivity contribution in [3.05, 3.63) is 46.3 Å². The Bertz CT molecular complexity index is 888. The summed E-state index contributed by atoms with van der Waals surface area (Å²) >= 11 is 0. The van der Waals surface area contributed by atoms with Crippen LogP contribution in [0.15, 0.2) is 30.6 Å². The molecule has 2 aromatic rings. The summed E-state index contributed by atoms with van der Waals surface area (Å²) in [6.07, 6.45) is 3.38. The van der Waals surface area contributed by atoms with E-state index in [0.717, 1.165) is 12.8 Å². The zero-order chi connectivity index (χ0) is 20.3. The van der Waals surface area contributed by atoms with Crippen LogP contribution >= 0.6 is 0 Å². The van der Waals surface area contributed by atoms with E-state index in [2.05, 4.69) is 16.9 Å². The van der Waals surface area contributed by atoms with Crippen molar-refractivity contribution in [1.82, 2.24) is 9.97 Å². The van der Waals surface area contributed by atoms with Gasteiger partial charge in [0.05, 0.1) is 23.3 Å². The average molecular weight is 385 g/mol. The molecule has 0 bridgehead atoms. The lowest BCUT2D eigenvalue weighted by Gasteiger charge is -2.32. The summed E-state index contributed by atoms with van der Waals surface area (Å²) in [5, 5.41) is 12.0. The third kappa shape index (κ3) is 3.73. The molecule has 0 saturated carbocycles. The van der Waals surface area contributed by atoms with Gasteiger partial charge in [-0.3, -0.25) is 10.1 Å². The molecule has 0 spiro atoms. The molecule has 1 aromatic heterocycles. The van der Waals surface area contributed by atoms with Crippen molar-refractivity contribution in [2.45, 2.75) is 19.8 Å². The van der Waals surface area contributed by atoms with E-state index < -0.39 is 10.9 Å². The Kier molecular flexibility index (Phi) is 5.72. The van der Waals surface area contributed by atoms with Gasteiger partial charge < -0.3 is 14.5 Å². The van der Waals surface area contributed by atoms with Gasteiger partial charge in [0.2, 0.25) is 11.6 Å². The molecule has 9 heteroatoms. The fourth-order valence-corrected chi connectivity index (χ4v) is 3.55. The van der Waals surface area contributed by atoms with Crippen LogP contribution in [0.3, 0.4) is 0 Å². The van der Waals surface area contributed by atoms with E-state index in [-0.39, 0.29) is 11.5 Å². The van der Waals surface area contributed by atoms with Gasteiger partial charge in [0.1, 0.15) is 6.33 Å². The first-order chi connectivity index (χ1) is 13.4. The molecule has 1 saturated heterocycles. The largest absolute Gasteiger partial charge is 0.465 e. The maximum absolute atomic E-state index is 12.1. The van der Waals surface area contributed by atoms with Gasteiger partial charge in [-0.25, -0.2) is 14.8 Å². The van der Waals surface area contributed by atoms with Gasteiger partial charge in [-0.15, -0.1) is 0 Å². The Morgan fingerprint density at radius 1 is 1.36 bits per heavy atom. The summed E-state index contributed by atoms with van der Waals surface area (Å²) in [6.45, 7) is 3.54. The number of benzene rings is 1. The molecule has 1 aliphatic heterocycles. The van der Waals surface area contributed by atoms with E-state index in [4.69, 9.17) is 4.74 Å². The van der Waals surface area contributed by atoms with Crippen molar-refractivity contribution in [2.24, 2.45) is 5.92 Å². The Hall–Kier alpha value is -3.23.